The van der Waals surface area contributed by atoms with Crippen molar-refractivity contribution >= 4 is 27.3 Å². The second-order valence-corrected chi connectivity index (χ2v) is 9.49. The Labute approximate surface area is 180 Å². The lowest BCUT2D eigenvalue weighted by molar-refractivity contribution is 0.0696. The van der Waals surface area contributed by atoms with Crippen LogP contribution >= 0.6 is 0 Å². The van der Waals surface area contributed by atoms with Crippen LogP contribution in [0.2, 0.25) is 0 Å². The van der Waals surface area contributed by atoms with E-state index in [1.807, 2.05) is 7.05 Å². The van der Waals surface area contributed by atoms with Gasteiger partial charge in [0.15, 0.2) is 0 Å². The van der Waals surface area contributed by atoms with Crippen LogP contribution < -0.4 is 5.32 Å². The van der Waals surface area contributed by atoms with Crippen molar-refractivity contribution in [3.05, 3.63) is 59.7 Å². The van der Waals surface area contributed by atoms with Gasteiger partial charge in [-0.2, -0.15) is 8.78 Å². The summed E-state index contributed by atoms with van der Waals surface area (Å²) in [5.74, 6) is -4.12. The normalized spacial score (nSPS) is 15.0. The van der Waals surface area contributed by atoms with E-state index in [0.29, 0.717) is 11.3 Å². The first kappa shape index (κ1) is 22.9. The molecule has 0 unspecified atom stereocenters. The maximum Gasteiger partial charge on any atom is 0.341 e. The fourth-order valence-electron chi connectivity index (χ4n) is 3.64. The average Bonchev–Trinajstić information content (AvgIpc) is 2.79. The zero-order valence-corrected chi connectivity index (χ0v) is 17.9. The summed E-state index contributed by atoms with van der Waals surface area (Å²) in [6.07, 6.45) is 5.48. The number of anilines is 1. The van der Waals surface area contributed by atoms with Crippen molar-refractivity contribution in [2.75, 3.05) is 12.4 Å². The Hall–Kier alpha value is -2.81. The number of hydrogen-bond acceptors (Lipinski definition) is 4. The molecule has 0 atom stereocenters. The van der Waals surface area contributed by atoms with Crippen molar-refractivity contribution in [1.29, 1.82) is 0 Å². The van der Waals surface area contributed by atoms with Gasteiger partial charge in [0, 0.05) is 29.9 Å². The van der Waals surface area contributed by atoms with Crippen molar-refractivity contribution in [2.45, 2.75) is 48.8 Å². The van der Waals surface area contributed by atoms with E-state index in [2.05, 4.69) is 5.32 Å². The predicted octanol–water partition coefficient (Wildman–Crippen LogP) is 4.34. The Morgan fingerprint density at radius 3 is 2.03 bits per heavy atom. The molecule has 0 saturated heterocycles. The van der Waals surface area contributed by atoms with Gasteiger partial charge in [0.05, 0.1) is 4.90 Å². The SMILES string of the molecule is CN(C(=O)c1ccc(NC(=O)c2ccc(S(=O)(=O)C(F)F)cc2)cc1)C1CCCCC1. The van der Waals surface area contributed by atoms with Gasteiger partial charge in [-0.3, -0.25) is 9.59 Å². The molecule has 0 aliphatic heterocycles. The number of alkyl halides is 2. The minimum atomic E-state index is -4.71. The summed E-state index contributed by atoms with van der Waals surface area (Å²) in [4.78, 5) is 26.3. The van der Waals surface area contributed by atoms with Crippen molar-refractivity contribution < 1.29 is 26.8 Å². The van der Waals surface area contributed by atoms with Gasteiger partial charge < -0.3 is 10.2 Å². The van der Waals surface area contributed by atoms with E-state index < -0.39 is 26.4 Å². The van der Waals surface area contributed by atoms with Crippen molar-refractivity contribution in [3.63, 3.8) is 0 Å². The molecule has 3 rings (SSSR count). The summed E-state index contributed by atoms with van der Waals surface area (Å²) in [5, 5.41) is 2.64. The molecule has 31 heavy (non-hydrogen) atoms. The molecule has 1 aliphatic carbocycles. The number of carbonyl (C=O) groups excluding carboxylic acids is 2. The highest BCUT2D eigenvalue weighted by Gasteiger charge is 2.26. The average molecular weight is 451 g/mol. The smallest absolute Gasteiger partial charge is 0.339 e. The second kappa shape index (κ2) is 9.55. The Morgan fingerprint density at radius 1 is 0.935 bits per heavy atom. The molecule has 6 nitrogen and oxygen atoms in total. The standard InChI is InChI=1S/C22H24F2N2O4S/c1-26(18-5-3-2-4-6-18)21(28)16-7-11-17(12-8-16)25-20(27)15-9-13-19(14-10-15)31(29,30)22(23)24/h7-14,18,22H,2-6H2,1H3,(H,25,27). The molecule has 1 saturated carbocycles. The minimum Gasteiger partial charge on any atom is -0.339 e. The Kier molecular flexibility index (Phi) is 7.04. The summed E-state index contributed by atoms with van der Waals surface area (Å²) in [6, 6.07) is 11.0. The lowest BCUT2D eigenvalue weighted by Gasteiger charge is -2.31. The van der Waals surface area contributed by atoms with E-state index in [-0.39, 0.29) is 17.5 Å². The summed E-state index contributed by atoms with van der Waals surface area (Å²) in [7, 11) is -2.90. The number of rotatable bonds is 6. The van der Waals surface area contributed by atoms with Gasteiger partial charge in [-0.1, -0.05) is 19.3 Å². The highest BCUT2D eigenvalue weighted by Crippen LogP contribution is 2.23. The van der Waals surface area contributed by atoms with Gasteiger partial charge in [-0.25, -0.2) is 8.42 Å². The molecule has 0 spiro atoms. The monoisotopic (exact) mass is 450 g/mol. The van der Waals surface area contributed by atoms with Crippen LogP contribution in [0.25, 0.3) is 0 Å². The summed E-state index contributed by atoms with van der Waals surface area (Å²) < 4.78 is 48.1. The van der Waals surface area contributed by atoms with Crippen molar-refractivity contribution in [1.82, 2.24) is 4.90 Å². The molecule has 0 aromatic heterocycles. The zero-order valence-electron chi connectivity index (χ0n) is 17.1. The summed E-state index contributed by atoms with van der Waals surface area (Å²) >= 11 is 0. The van der Waals surface area contributed by atoms with Crippen LogP contribution in [0, 0.1) is 0 Å². The highest BCUT2D eigenvalue weighted by molar-refractivity contribution is 7.91. The van der Waals surface area contributed by atoms with Gasteiger partial charge in [-0.05, 0) is 61.4 Å². The summed E-state index contributed by atoms with van der Waals surface area (Å²) in [5.41, 5.74) is 1.09. The number of benzene rings is 2. The van der Waals surface area contributed by atoms with Gasteiger partial charge in [0.25, 0.3) is 11.8 Å². The van der Waals surface area contributed by atoms with Crippen molar-refractivity contribution in [3.8, 4) is 0 Å². The van der Waals surface area contributed by atoms with E-state index in [0.717, 1.165) is 37.8 Å². The molecule has 2 amide bonds. The van der Waals surface area contributed by atoms with Crippen LogP contribution in [0.4, 0.5) is 14.5 Å². The molecule has 1 N–H and O–H groups in total. The van der Waals surface area contributed by atoms with Crippen LogP contribution in [0.5, 0.6) is 0 Å². The number of amides is 2. The zero-order chi connectivity index (χ0) is 22.6. The Morgan fingerprint density at radius 2 is 1.48 bits per heavy atom. The van der Waals surface area contributed by atoms with Crippen LogP contribution in [-0.2, 0) is 9.84 Å². The number of sulfone groups is 1. The summed E-state index contributed by atoms with van der Waals surface area (Å²) in [6.45, 7) is 0. The molecule has 1 fully saturated rings. The van der Waals surface area contributed by atoms with Crippen LogP contribution in [-0.4, -0.2) is 44.0 Å². The van der Waals surface area contributed by atoms with Crippen molar-refractivity contribution in [2.24, 2.45) is 0 Å². The quantitative estimate of drug-likeness (QED) is 0.710. The largest absolute Gasteiger partial charge is 0.341 e. The first-order valence-electron chi connectivity index (χ1n) is 10.0. The third-order valence-electron chi connectivity index (χ3n) is 5.51. The van der Waals surface area contributed by atoms with E-state index in [1.54, 1.807) is 29.2 Å². The Bertz CT molecular complexity index is 1030. The van der Waals surface area contributed by atoms with Gasteiger partial charge in [-0.15, -0.1) is 0 Å². The van der Waals surface area contributed by atoms with Gasteiger partial charge in [0.1, 0.15) is 0 Å². The molecule has 0 heterocycles. The maximum absolute atomic E-state index is 12.7. The third kappa shape index (κ3) is 5.28. The second-order valence-electron chi connectivity index (χ2n) is 7.57. The predicted molar refractivity (Wildman–Crippen MR) is 113 cm³/mol. The lowest BCUT2D eigenvalue weighted by Crippen LogP contribution is -2.38. The fourth-order valence-corrected chi connectivity index (χ4v) is 4.36. The number of nitrogens with one attached hydrogen (secondary N) is 1. The minimum absolute atomic E-state index is 0.0689. The number of carbonyl (C=O) groups is 2. The molecule has 0 radical (unpaired) electrons. The van der Waals surface area contributed by atoms with E-state index in [1.165, 1.54) is 18.6 Å². The highest BCUT2D eigenvalue weighted by atomic mass is 32.2. The third-order valence-corrected chi connectivity index (χ3v) is 6.91. The maximum atomic E-state index is 12.7. The fraction of sp³-hybridized carbons (Fsp3) is 0.364. The lowest BCUT2D eigenvalue weighted by atomic mass is 9.94. The topological polar surface area (TPSA) is 83.6 Å². The molecular formula is C22H24F2N2O4S. The van der Waals surface area contributed by atoms with E-state index in [4.69, 9.17) is 0 Å². The van der Waals surface area contributed by atoms with Gasteiger partial charge in [0.2, 0.25) is 9.84 Å². The molecule has 2 aromatic carbocycles. The molecule has 0 bridgehead atoms. The molecule has 2 aromatic rings. The molecule has 1 aliphatic rings. The van der Waals surface area contributed by atoms with Crippen LogP contribution in [0.3, 0.4) is 0 Å². The molecule has 166 valence electrons. The number of hydrogen-bond donors (Lipinski definition) is 1. The first-order chi connectivity index (χ1) is 14.7. The molecule has 9 heteroatoms. The first-order valence-corrected chi connectivity index (χ1v) is 11.6. The van der Waals surface area contributed by atoms with E-state index >= 15 is 0 Å². The van der Waals surface area contributed by atoms with E-state index in [9.17, 15) is 26.8 Å². The van der Waals surface area contributed by atoms with Crippen LogP contribution in [0.1, 0.15) is 52.8 Å². The van der Waals surface area contributed by atoms with Gasteiger partial charge >= 0.3 is 5.76 Å². The Balaban J connectivity index is 1.64. The van der Waals surface area contributed by atoms with Crippen LogP contribution in [0.15, 0.2) is 53.4 Å². The number of halogens is 2. The molecular weight excluding hydrogens is 426 g/mol. The number of nitrogens with zero attached hydrogens (tertiary/aromatic N) is 1.